The van der Waals surface area contributed by atoms with E-state index in [0.717, 1.165) is 22.6 Å². The van der Waals surface area contributed by atoms with Crippen molar-refractivity contribution in [3.05, 3.63) is 90.4 Å². The van der Waals surface area contributed by atoms with E-state index in [1.165, 1.54) is 6.33 Å². The molecule has 7 heteroatoms. The Kier molecular flexibility index (Phi) is 5.93. The molecule has 0 atom stereocenters. The van der Waals surface area contributed by atoms with Crippen LogP contribution in [0, 0.1) is 6.92 Å². The molecule has 0 aliphatic heterocycles. The maximum atomic E-state index is 6.55. The van der Waals surface area contributed by atoms with Crippen LogP contribution in [0.1, 0.15) is 11.1 Å². The summed E-state index contributed by atoms with van der Waals surface area (Å²) in [5.41, 5.74) is 9.97. The Labute approximate surface area is 181 Å². The van der Waals surface area contributed by atoms with Crippen molar-refractivity contribution in [1.82, 2.24) is 15.0 Å². The molecule has 3 N–H and O–H groups in total. The van der Waals surface area contributed by atoms with Gasteiger partial charge in [0.2, 0.25) is 0 Å². The summed E-state index contributed by atoms with van der Waals surface area (Å²) < 4.78 is 5.47. The number of aromatic nitrogens is 3. The third-order valence-corrected chi connectivity index (χ3v) is 4.84. The van der Waals surface area contributed by atoms with E-state index in [1.54, 1.807) is 13.3 Å². The summed E-state index contributed by atoms with van der Waals surface area (Å²) in [6.07, 6.45) is 3.25. The van der Waals surface area contributed by atoms with Gasteiger partial charge in [0.1, 0.15) is 23.6 Å². The summed E-state index contributed by atoms with van der Waals surface area (Å²) in [7, 11) is 1.63. The summed E-state index contributed by atoms with van der Waals surface area (Å²) in [6, 6.07) is 21.8. The predicted octanol–water partition coefficient (Wildman–Crippen LogP) is 4.85. The zero-order valence-electron chi connectivity index (χ0n) is 17.5. The minimum Gasteiger partial charge on any atom is -0.495 e. The van der Waals surface area contributed by atoms with Crippen LogP contribution < -0.4 is 20.7 Å². The van der Waals surface area contributed by atoms with Crippen LogP contribution in [0.25, 0.3) is 0 Å². The minimum atomic E-state index is 0.424. The molecule has 0 fully saturated rings. The molecule has 2 aromatic heterocycles. The smallest absolute Gasteiger partial charge is 0.163 e. The van der Waals surface area contributed by atoms with Crippen LogP contribution in [0.15, 0.2) is 79.3 Å². The van der Waals surface area contributed by atoms with Crippen LogP contribution >= 0.6 is 0 Å². The molecule has 0 aliphatic carbocycles. The summed E-state index contributed by atoms with van der Waals surface area (Å²) in [5, 5.41) is 3.29. The fourth-order valence-corrected chi connectivity index (χ4v) is 3.29. The van der Waals surface area contributed by atoms with Crippen LogP contribution in [0.2, 0.25) is 0 Å². The number of nitrogen functional groups attached to an aromatic ring is 1. The fourth-order valence-electron chi connectivity index (χ4n) is 3.29. The number of pyridine rings is 1. The minimum absolute atomic E-state index is 0.424. The number of aryl methyl sites for hydroxylation is 1. The number of rotatable bonds is 7. The first-order chi connectivity index (χ1) is 15.2. The van der Waals surface area contributed by atoms with Gasteiger partial charge in [-0.1, -0.05) is 42.5 Å². The maximum Gasteiger partial charge on any atom is 0.163 e. The van der Waals surface area contributed by atoms with Gasteiger partial charge in [-0.25, -0.2) is 15.0 Å². The monoisotopic (exact) mass is 412 g/mol. The van der Waals surface area contributed by atoms with Gasteiger partial charge in [0.05, 0.1) is 19.3 Å². The average Bonchev–Trinajstić information content (AvgIpc) is 2.81. The van der Waals surface area contributed by atoms with Crippen molar-refractivity contribution in [3.63, 3.8) is 0 Å². The number of benzene rings is 2. The predicted molar refractivity (Wildman–Crippen MR) is 124 cm³/mol. The molecular weight excluding hydrogens is 388 g/mol. The summed E-state index contributed by atoms with van der Waals surface area (Å²) in [4.78, 5) is 15.4. The molecule has 0 bridgehead atoms. The Morgan fingerprint density at radius 3 is 2.52 bits per heavy atom. The first kappa shape index (κ1) is 20.2. The molecule has 31 heavy (non-hydrogen) atoms. The van der Waals surface area contributed by atoms with Gasteiger partial charge in [0.25, 0.3) is 0 Å². The van der Waals surface area contributed by atoms with E-state index in [9.17, 15) is 0 Å². The van der Waals surface area contributed by atoms with Crippen LogP contribution in [0.4, 0.5) is 28.8 Å². The number of ether oxygens (including phenoxy) is 1. The standard InChI is InChI=1S/C24H24N6O/c1-17-11-12-20(31-2)19(14-17)29-23-22(25)24(28-16-27-23)30(21-10-6-7-13-26-21)15-18-8-4-3-5-9-18/h3-14,16H,15,25H2,1-2H3,(H,27,28,29). The van der Waals surface area contributed by atoms with Crippen molar-refractivity contribution in [3.8, 4) is 5.75 Å². The van der Waals surface area contributed by atoms with Crippen LogP contribution in [0.5, 0.6) is 5.75 Å². The number of nitrogens with two attached hydrogens (primary N) is 1. The molecule has 4 aromatic rings. The van der Waals surface area contributed by atoms with E-state index in [2.05, 4.69) is 32.4 Å². The molecule has 0 radical (unpaired) electrons. The van der Waals surface area contributed by atoms with E-state index >= 15 is 0 Å². The molecule has 4 rings (SSSR count). The summed E-state index contributed by atoms with van der Waals surface area (Å²) in [5.74, 6) is 2.53. The normalized spacial score (nSPS) is 10.5. The molecule has 0 unspecified atom stereocenters. The second-order valence-electron chi connectivity index (χ2n) is 7.05. The second-order valence-corrected chi connectivity index (χ2v) is 7.05. The number of methoxy groups -OCH3 is 1. The molecule has 0 amide bonds. The van der Waals surface area contributed by atoms with E-state index in [0.29, 0.717) is 29.6 Å². The van der Waals surface area contributed by atoms with Crippen LogP contribution in [0.3, 0.4) is 0 Å². The zero-order chi connectivity index (χ0) is 21.6. The molecule has 0 spiro atoms. The molecule has 7 nitrogen and oxygen atoms in total. The van der Waals surface area contributed by atoms with Crippen molar-refractivity contribution in [2.45, 2.75) is 13.5 Å². The molecule has 0 saturated heterocycles. The lowest BCUT2D eigenvalue weighted by molar-refractivity contribution is 0.416. The Morgan fingerprint density at radius 2 is 1.77 bits per heavy atom. The van der Waals surface area contributed by atoms with Crippen molar-refractivity contribution in [2.75, 3.05) is 23.1 Å². The summed E-state index contributed by atoms with van der Waals surface area (Å²) >= 11 is 0. The molecule has 156 valence electrons. The topological polar surface area (TPSA) is 89.2 Å². The quantitative estimate of drug-likeness (QED) is 0.448. The highest BCUT2D eigenvalue weighted by Crippen LogP contribution is 2.35. The second kappa shape index (κ2) is 9.13. The Bertz CT molecular complexity index is 1150. The highest BCUT2D eigenvalue weighted by molar-refractivity contribution is 5.82. The van der Waals surface area contributed by atoms with Gasteiger partial charge in [0, 0.05) is 6.20 Å². The van der Waals surface area contributed by atoms with Gasteiger partial charge < -0.3 is 20.7 Å². The van der Waals surface area contributed by atoms with Gasteiger partial charge in [-0.2, -0.15) is 0 Å². The number of hydrogen-bond donors (Lipinski definition) is 2. The number of nitrogens with zero attached hydrogens (tertiary/aromatic N) is 4. The van der Waals surface area contributed by atoms with Crippen molar-refractivity contribution < 1.29 is 4.74 Å². The van der Waals surface area contributed by atoms with Gasteiger partial charge >= 0.3 is 0 Å². The van der Waals surface area contributed by atoms with E-state index < -0.39 is 0 Å². The van der Waals surface area contributed by atoms with Gasteiger partial charge in [-0.3, -0.25) is 0 Å². The van der Waals surface area contributed by atoms with E-state index in [4.69, 9.17) is 10.5 Å². The zero-order valence-corrected chi connectivity index (χ0v) is 17.5. The van der Waals surface area contributed by atoms with Crippen LogP contribution in [-0.2, 0) is 6.54 Å². The Hall–Kier alpha value is -4.13. The van der Waals surface area contributed by atoms with Gasteiger partial charge in [-0.15, -0.1) is 0 Å². The van der Waals surface area contributed by atoms with Crippen molar-refractivity contribution in [1.29, 1.82) is 0 Å². The van der Waals surface area contributed by atoms with E-state index in [-0.39, 0.29) is 0 Å². The maximum absolute atomic E-state index is 6.55. The van der Waals surface area contributed by atoms with E-state index in [1.807, 2.05) is 66.4 Å². The Morgan fingerprint density at radius 1 is 0.968 bits per heavy atom. The lowest BCUT2D eigenvalue weighted by atomic mass is 10.2. The molecule has 2 heterocycles. The number of nitrogens with one attached hydrogen (secondary N) is 1. The first-order valence-electron chi connectivity index (χ1n) is 9.90. The average molecular weight is 412 g/mol. The lowest BCUT2D eigenvalue weighted by Crippen LogP contribution is -2.21. The SMILES string of the molecule is COc1ccc(C)cc1Nc1ncnc(N(Cc2ccccc2)c2ccccn2)c1N. The number of hydrogen-bond acceptors (Lipinski definition) is 7. The van der Waals surface area contributed by atoms with Crippen LogP contribution in [-0.4, -0.2) is 22.1 Å². The third kappa shape index (κ3) is 4.56. The fraction of sp³-hybridized carbons (Fsp3) is 0.125. The first-order valence-corrected chi connectivity index (χ1v) is 9.90. The Balaban J connectivity index is 1.74. The summed E-state index contributed by atoms with van der Waals surface area (Å²) in [6.45, 7) is 2.58. The molecule has 0 saturated carbocycles. The number of anilines is 5. The largest absolute Gasteiger partial charge is 0.495 e. The van der Waals surface area contributed by atoms with Crippen molar-refractivity contribution in [2.24, 2.45) is 0 Å². The van der Waals surface area contributed by atoms with Crippen molar-refractivity contribution >= 4 is 28.8 Å². The van der Waals surface area contributed by atoms with Gasteiger partial charge in [-0.05, 0) is 42.3 Å². The molecule has 2 aromatic carbocycles. The highest BCUT2D eigenvalue weighted by Gasteiger charge is 2.19. The molecule has 0 aliphatic rings. The third-order valence-electron chi connectivity index (χ3n) is 4.84. The molecular formula is C24H24N6O. The highest BCUT2D eigenvalue weighted by atomic mass is 16.5. The lowest BCUT2D eigenvalue weighted by Gasteiger charge is -2.25. The van der Waals surface area contributed by atoms with Gasteiger partial charge in [0.15, 0.2) is 11.6 Å².